The zero-order chi connectivity index (χ0) is 17.1. The predicted molar refractivity (Wildman–Crippen MR) is 85.2 cm³/mol. The van der Waals surface area contributed by atoms with Crippen LogP contribution >= 0.6 is 0 Å². The molecule has 0 atom stereocenters. The summed E-state index contributed by atoms with van der Waals surface area (Å²) in [5, 5.41) is 4.69. The maximum Gasteiger partial charge on any atom is 0.229 e. The summed E-state index contributed by atoms with van der Waals surface area (Å²) in [6.07, 6.45) is 0.0148. The number of amides is 1. The van der Waals surface area contributed by atoms with Gasteiger partial charge in [-0.1, -0.05) is 23.4 Å². The minimum Gasteiger partial charge on any atom is -0.356 e. The Morgan fingerprint density at radius 3 is 2.54 bits per heavy atom. The van der Waals surface area contributed by atoms with E-state index >= 15 is 0 Å². The van der Waals surface area contributed by atoms with Crippen molar-refractivity contribution in [2.75, 3.05) is 6.54 Å². The van der Waals surface area contributed by atoms with Crippen molar-refractivity contribution in [3.63, 3.8) is 0 Å². The number of halogens is 2. The van der Waals surface area contributed by atoms with Crippen molar-refractivity contribution in [3.8, 4) is 0 Å². The van der Waals surface area contributed by atoms with Crippen LogP contribution < -0.4 is 0 Å². The number of hydrogen-bond donors (Lipinski definition) is 0. The third-order valence-corrected chi connectivity index (χ3v) is 3.92. The number of carbonyl (C=O) groups excluding carboxylic acids is 1. The van der Waals surface area contributed by atoms with Crippen LogP contribution in [0.25, 0.3) is 11.0 Å². The molecule has 1 heterocycles. The molecule has 3 aromatic rings. The van der Waals surface area contributed by atoms with Crippen molar-refractivity contribution < 1.29 is 18.1 Å². The molecule has 24 heavy (non-hydrogen) atoms. The van der Waals surface area contributed by atoms with E-state index in [0.29, 0.717) is 17.8 Å². The first kappa shape index (κ1) is 16.1. The Morgan fingerprint density at radius 1 is 1.12 bits per heavy atom. The average molecular weight is 330 g/mol. The number of rotatable bonds is 5. The molecular formula is C18H16F2N2O2. The van der Waals surface area contributed by atoms with E-state index in [9.17, 15) is 13.6 Å². The molecule has 124 valence electrons. The maximum atomic E-state index is 13.8. The molecule has 1 aromatic heterocycles. The molecule has 0 saturated heterocycles. The second-order valence-electron chi connectivity index (χ2n) is 5.41. The van der Waals surface area contributed by atoms with Crippen molar-refractivity contribution >= 4 is 16.9 Å². The van der Waals surface area contributed by atoms with Gasteiger partial charge in [-0.05, 0) is 31.2 Å². The van der Waals surface area contributed by atoms with Crippen LogP contribution in [0.2, 0.25) is 0 Å². The lowest BCUT2D eigenvalue weighted by Crippen LogP contribution is -2.32. The van der Waals surface area contributed by atoms with Gasteiger partial charge < -0.3 is 9.42 Å². The smallest absolute Gasteiger partial charge is 0.229 e. The molecule has 0 unspecified atom stereocenters. The maximum absolute atomic E-state index is 13.8. The van der Waals surface area contributed by atoms with Gasteiger partial charge in [0.05, 0.1) is 13.0 Å². The molecule has 0 N–H and O–H groups in total. The molecule has 0 aliphatic rings. The summed E-state index contributed by atoms with van der Waals surface area (Å²) in [4.78, 5) is 13.9. The molecule has 0 aliphatic carbocycles. The van der Waals surface area contributed by atoms with Crippen LogP contribution in [0.4, 0.5) is 8.78 Å². The molecule has 0 fully saturated rings. The van der Waals surface area contributed by atoms with Gasteiger partial charge in [0.15, 0.2) is 5.58 Å². The zero-order valence-corrected chi connectivity index (χ0v) is 13.1. The van der Waals surface area contributed by atoms with Crippen LogP contribution in [0.5, 0.6) is 0 Å². The van der Waals surface area contributed by atoms with E-state index in [0.717, 1.165) is 5.39 Å². The van der Waals surface area contributed by atoms with Crippen molar-refractivity contribution in [2.24, 2.45) is 0 Å². The van der Waals surface area contributed by atoms with Gasteiger partial charge in [-0.3, -0.25) is 4.79 Å². The minimum atomic E-state index is -0.659. The molecule has 0 saturated carbocycles. The van der Waals surface area contributed by atoms with Crippen molar-refractivity contribution in [2.45, 2.75) is 19.9 Å². The van der Waals surface area contributed by atoms with E-state index in [1.165, 1.54) is 23.1 Å². The number of nitrogens with zero attached hydrogens (tertiary/aromatic N) is 2. The number of benzene rings is 2. The van der Waals surface area contributed by atoms with Gasteiger partial charge in [0.25, 0.3) is 0 Å². The van der Waals surface area contributed by atoms with Gasteiger partial charge in [0.2, 0.25) is 5.91 Å². The molecule has 0 bridgehead atoms. The summed E-state index contributed by atoms with van der Waals surface area (Å²) in [5.74, 6) is -1.58. The number of aromatic nitrogens is 1. The Bertz CT molecular complexity index is 856. The van der Waals surface area contributed by atoms with Crippen molar-refractivity contribution in [1.82, 2.24) is 10.1 Å². The Kier molecular flexibility index (Phi) is 4.55. The zero-order valence-electron chi connectivity index (χ0n) is 13.1. The van der Waals surface area contributed by atoms with Crippen LogP contribution in [0.1, 0.15) is 18.2 Å². The lowest BCUT2D eigenvalue weighted by Gasteiger charge is -2.21. The van der Waals surface area contributed by atoms with E-state index < -0.39 is 11.6 Å². The van der Waals surface area contributed by atoms with Crippen LogP contribution in [-0.2, 0) is 17.8 Å². The molecule has 0 radical (unpaired) electrons. The first-order chi connectivity index (χ1) is 11.6. The molecular weight excluding hydrogens is 314 g/mol. The number of fused-ring (bicyclic) bond motifs is 1. The standard InChI is InChI=1S/C18H16F2N2O2/c1-2-22(11-13-14(19)7-5-8-15(13)20)18(23)10-16-12-6-3-4-9-17(12)24-21-16/h3-9H,2,10-11H2,1H3. The second-order valence-corrected chi connectivity index (χ2v) is 5.41. The largest absolute Gasteiger partial charge is 0.356 e. The molecule has 2 aromatic carbocycles. The fourth-order valence-corrected chi connectivity index (χ4v) is 2.57. The molecule has 0 spiro atoms. The van der Waals surface area contributed by atoms with Crippen LogP contribution in [0, 0.1) is 11.6 Å². The van der Waals surface area contributed by atoms with Gasteiger partial charge in [0, 0.05) is 17.5 Å². The highest BCUT2D eigenvalue weighted by Gasteiger charge is 2.20. The fourth-order valence-electron chi connectivity index (χ4n) is 2.57. The summed E-state index contributed by atoms with van der Waals surface area (Å²) >= 11 is 0. The predicted octanol–water partition coefficient (Wildman–Crippen LogP) is 3.70. The Morgan fingerprint density at radius 2 is 1.83 bits per heavy atom. The summed E-state index contributed by atoms with van der Waals surface area (Å²) in [6, 6.07) is 10.9. The van der Waals surface area contributed by atoms with Gasteiger partial charge in [-0.2, -0.15) is 0 Å². The minimum absolute atomic E-state index is 0.0148. The molecule has 6 heteroatoms. The lowest BCUT2D eigenvalue weighted by molar-refractivity contribution is -0.131. The molecule has 4 nitrogen and oxygen atoms in total. The van der Waals surface area contributed by atoms with Crippen LogP contribution in [0.15, 0.2) is 47.0 Å². The monoisotopic (exact) mass is 330 g/mol. The summed E-state index contributed by atoms with van der Waals surface area (Å²) < 4.78 is 32.8. The van der Waals surface area contributed by atoms with E-state index in [1.807, 2.05) is 18.2 Å². The Balaban J connectivity index is 1.79. The average Bonchev–Trinajstić information content (AvgIpc) is 2.98. The number of para-hydroxylation sites is 1. The SMILES string of the molecule is CCN(Cc1c(F)cccc1F)C(=O)Cc1noc2ccccc12. The highest BCUT2D eigenvalue weighted by atomic mass is 19.1. The van der Waals surface area contributed by atoms with Gasteiger partial charge in [-0.25, -0.2) is 8.78 Å². The van der Waals surface area contributed by atoms with Crippen molar-refractivity contribution in [3.05, 3.63) is 65.4 Å². The van der Waals surface area contributed by atoms with Gasteiger partial charge >= 0.3 is 0 Å². The quantitative estimate of drug-likeness (QED) is 0.717. The van der Waals surface area contributed by atoms with Gasteiger partial charge in [0.1, 0.15) is 17.3 Å². The second kappa shape index (κ2) is 6.78. The number of hydrogen-bond acceptors (Lipinski definition) is 3. The highest BCUT2D eigenvalue weighted by molar-refractivity contribution is 5.86. The third kappa shape index (κ3) is 3.13. The van der Waals surface area contributed by atoms with Crippen LogP contribution in [-0.4, -0.2) is 22.5 Å². The molecule has 3 rings (SSSR count). The highest BCUT2D eigenvalue weighted by Crippen LogP contribution is 2.20. The fraction of sp³-hybridized carbons (Fsp3) is 0.222. The molecule has 1 amide bonds. The summed E-state index contributed by atoms with van der Waals surface area (Å²) in [7, 11) is 0. The lowest BCUT2D eigenvalue weighted by atomic mass is 10.1. The number of carbonyl (C=O) groups is 1. The third-order valence-electron chi connectivity index (χ3n) is 3.92. The van der Waals surface area contributed by atoms with Gasteiger partial charge in [-0.15, -0.1) is 0 Å². The first-order valence-corrected chi connectivity index (χ1v) is 7.64. The van der Waals surface area contributed by atoms with E-state index in [1.54, 1.807) is 13.0 Å². The molecule has 0 aliphatic heterocycles. The van der Waals surface area contributed by atoms with E-state index in [2.05, 4.69) is 5.16 Å². The van der Waals surface area contributed by atoms with Crippen LogP contribution in [0.3, 0.4) is 0 Å². The topological polar surface area (TPSA) is 46.3 Å². The van der Waals surface area contributed by atoms with E-state index in [4.69, 9.17) is 4.52 Å². The number of likely N-dealkylation sites (N-methyl/N-ethyl adjacent to an activating group) is 1. The van der Waals surface area contributed by atoms with E-state index in [-0.39, 0.29) is 24.4 Å². The van der Waals surface area contributed by atoms with Crippen molar-refractivity contribution in [1.29, 1.82) is 0 Å². The normalized spacial score (nSPS) is 11.0. The Hall–Kier alpha value is -2.76. The summed E-state index contributed by atoms with van der Waals surface area (Å²) in [6.45, 7) is 1.98. The Labute approximate surface area is 137 Å². The summed E-state index contributed by atoms with van der Waals surface area (Å²) in [5.41, 5.74) is 1.00. The first-order valence-electron chi connectivity index (χ1n) is 7.64.